The van der Waals surface area contributed by atoms with E-state index in [9.17, 15) is 9.90 Å². The number of carbonyl (C=O) groups is 1. The van der Waals surface area contributed by atoms with Gasteiger partial charge in [0.15, 0.2) is 0 Å². The van der Waals surface area contributed by atoms with Crippen LogP contribution in [0.1, 0.15) is 24.5 Å². The second-order valence-corrected chi connectivity index (χ2v) is 6.75. The fraction of sp³-hybridized carbons (Fsp3) is 0.611. The predicted molar refractivity (Wildman–Crippen MR) is 90.0 cm³/mol. The van der Waals surface area contributed by atoms with Crippen molar-refractivity contribution >= 4 is 5.91 Å². The maximum Gasteiger partial charge on any atom is 0.234 e. The zero-order valence-corrected chi connectivity index (χ0v) is 13.7. The number of β-amino-alcohol motifs (C(OH)–C–C–N with tert-alkyl or cyclic N) is 1. The standard InChI is InChI=1S/C18H27N3O2/c22-17(16-4-2-1-3-5-16)13-20-8-10-21(11-9-20)14-18(23)19-12-15-6-7-15/h1-5,15,17,22H,6-14H2,(H,19,23)/t17-/m0/s1. The molecule has 1 atom stereocenters. The molecule has 126 valence electrons. The molecule has 1 aliphatic heterocycles. The Hall–Kier alpha value is -1.43. The van der Waals surface area contributed by atoms with E-state index in [0.717, 1.165) is 44.2 Å². The summed E-state index contributed by atoms with van der Waals surface area (Å²) in [4.78, 5) is 16.4. The van der Waals surface area contributed by atoms with Crippen molar-refractivity contribution in [3.63, 3.8) is 0 Å². The number of hydrogen-bond acceptors (Lipinski definition) is 4. The van der Waals surface area contributed by atoms with Gasteiger partial charge in [-0.2, -0.15) is 0 Å². The Kier molecular flexibility index (Phi) is 5.65. The van der Waals surface area contributed by atoms with Gasteiger partial charge in [0, 0.05) is 39.3 Å². The van der Waals surface area contributed by atoms with E-state index >= 15 is 0 Å². The third kappa shape index (κ3) is 5.30. The van der Waals surface area contributed by atoms with Crippen LogP contribution in [0, 0.1) is 5.92 Å². The molecule has 0 radical (unpaired) electrons. The number of hydrogen-bond donors (Lipinski definition) is 2. The van der Waals surface area contributed by atoms with Gasteiger partial charge in [0.05, 0.1) is 12.6 Å². The SMILES string of the molecule is O=C(CN1CCN(C[C@H](O)c2ccccc2)CC1)NCC1CC1. The van der Waals surface area contributed by atoms with E-state index in [2.05, 4.69) is 15.1 Å². The van der Waals surface area contributed by atoms with Gasteiger partial charge < -0.3 is 10.4 Å². The van der Waals surface area contributed by atoms with Crippen LogP contribution in [0.15, 0.2) is 30.3 Å². The maximum absolute atomic E-state index is 11.9. The first-order valence-electron chi connectivity index (χ1n) is 8.65. The molecule has 1 heterocycles. The molecule has 1 aromatic rings. The molecule has 3 rings (SSSR count). The predicted octanol–water partition coefficient (Wildman–Crippen LogP) is 0.864. The lowest BCUT2D eigenvalue weighted by atomic mass is 10.1. The topological polar surface area (TPSA) is 55.8 Å². The first-order valence-corrected chi connectivity index (χ1v) is 8.65. The fourth-order valence-electron chi connectivity index (χ4n) is 2.99. The molecule has 0 bridgehead atoms. The highest BCUT2D eigenvalue weighted by molar-refractivity contribution is 5.78. The zero-order chi connectivity index (χ0) is 16.1. The third-order valence-electron chi connectivity index (χ3n) is 4.73. The number of aliphatic hydroxyl groups is 1. The largest absolute Gasteiger partial charge is 0.387 e. The molecule has 1 aromatic carbocycles. The van der Waals surface area contributed by atoms with E-state index in [0.29, 0.717) is 13.1 Å². The minimum atomic E-state index is -0.440. The molecule has 23 heavy (non-hydrogen) atoms. The molecular formula is C18H27N3O2. The van der Waals surface area contributed by atoms with Gasteiger partial charge in [-0.15, -0.1) is 0 Å². The Morgan fingerprint density at radius 1 is 1.13 bits per heavy atom. The van der Waals surface area contributed by atoms with Gasteiger partial charge in [-0.05, 0) is 24.3 Å². The number of rotatable bonds is 7. The van der Waals surface area contributed by atoms with Crippen molar-refractivity contribution in [2.45, 2.75) is 18.9 Å². The maximum atomic E-state index is 11.9. The minimum Gasteiger partial charge on any atom is -0.387 e. The van der Waals surface area contributed by atoms with Crippen LogP contribution in [0.4, 0.5) is 0 Å². The average molecular weight is 317 g/mol. The van der Waals surface area contributed by atoms with E-state index in [-0.39, 0.29) is 5.91 Å². The Balaban J connectivity index is 1.35. The molecule has 5 nitrogen and oxygen atoms in total. The molecule has 2 fully saturated rings. The molecule has 1 saturated heterocycles. The van der Waals surface area contributed by atoms with Crippen molar-refractivity contribution in [3.8, 4) is 0 Å². The molecule has 5 heteroatoms. The van der Waals surface area contributed by atoms with Crippen LogP contribution in [0.3, 0.4) is 0 Å². The first-order chi connectivity index (χ1) is 11.2. The summed E-state index contributed by atoms with van der Waals surface area (Å²) in [6.07, 6.45) is 2.09. The Bertz CT molecular complexity index is 496. The molecule has 1 saturated carbocycles. The lowest BCUT2D eigenvalue weighted by Crippen LogP contribution is -2.50. The van der Waals surface area contributed by atoms with Crippen LogP contribution in [0.25, 0.3) is 0 Å². The minimum absolute atomic E-state index is 0.148. The van der Waals surface area contributed by atoms with Crippen LogP contribution < -0.4 is 5.32 Å². The van der Waals surface area contributed by atoms with Gasteiger partial charge in [-0.25, -0.2) is 0 Å². The van der Waals surface area contributed by atoms with Crippen molar-refractivity contribution in [1.82, 2.24) is 15.1 Å². The van der Waals surface area contributed by atoms with Gasteiger partial charge in [0.2, 0.25) is 5.91 Å². The molecule has 1 amide bonds. The van der Waals surface area contributed by atoms with E-state index in [1.807, 2.05) is 30.3 Å². The van der Waals surface area contributed by atoms with Gasteiger partial charge >= 0.3 is 0 Å². The fourth-order valence-corrected chi connectivity index (χ4v) is 2.99. The molecule has 0 spiro atoms. The van der Waals surface area contributed by atoms with Gasteiger partial charge in [0.1, 0.15) is 0 Å². The van der Waals surface area contributed by atoms with E-state index in [1.54, 1.807) is 0 Å². The monoisotopic (exact) mass is 317 g/mol. The van der Waals surface area contributed by atoms with Crippen molar-refractivity contribution in [3.05, 3.63) is 35.9 Å². The van der Waals surface area contributed by atoms with Gasteiger partial charge in [0.25, 0.3) is 0 Å². The summed E-state index contributed by atoms with van der Waals surface area (Å²) in [5.41, 5.74) is 0.967. The Morgan fingerprint density at radius 2 is 1.78 bits per heavy atom. The number of piperazine rings is 1. The van der Waals surface area contributed by atoms with E-state index in [1.165, 1.54) is 12.8 Å². The Morgan fingerprint density at radius 3 is 2.43 bits per heavy atom. The number of aliphatic hydroxyl groups excluding tert-OH is 1. The summed E-state index contributed by atoms with van der Waals surface area (Å²) >= 11 is 0. The van der Waals surface area contributed by atoms with Crippen LogP contribution in [-0.4, -0.2) is 66.6 Å². The summed E-state index contributed by atoms with van der Waals surface area (Å²) in [6, 6.07) is 9.80. The number of carbonyl (C=O) groups excluding carboxylic acids is 1. The number of nitrogens with zero attached hydrogens (tertiary/aromatic N) is 2. The van der Waals surface area contributed by atoms with Crippen LogP contribution in [-0.2, 0) is 4.79 Å². The average Bonchev–Trinajstić information content (AvgIpc) is 3.40. The van der Waals surface area contributed by atoms with Gasteiger partial charge in [-0.1, -0.05) is 30.3 Å². The number of amides is 1. The quantitative estimate of drug-likeness (QED) is 0.783. The van der Waals surface area contributed by atoms with Crippen molar-refractivity contribution in [1.29, 1.82) is 0 Å². The highest BCUT2D eigenvalue weighted by atomic mass is 16.3. The smallest absolute Gasteiger partial charge is 0.234 e. The lowest BCUT2D eigenvalue weighted by Gasteiger charge is -2.35. The highest BCUT2D eigenvalue weighted by Crippen LogP contribution is 2.27. The second kappa shape index (κ2) is 7.90. The summed E-state index contributed by atoms with van der Waals surface area (Å²) < 4.78 is 0. The van der Waals surface area contributed by atoms with Crippen molar-refractivity contribution < 1.29 is 9.90 Å². The van der Waals surface area contributed by atoms with E-state index < -0.39 is 6.10 Å². The number of benzene rings is 1. The summed E-state index contributed by atoms with van der Waals surface area (Å²) in [5, 5.41) is 13.3. The number of nitrogens with one attached hydrogen (secondary N) is 1. The lowest BCUT2D eigenvalue weighted by molar-refractivity contribution is -0.122. The second-order valence-electron chi connectivity index (χ2n) is 6.75. The molecular weight excluding hydrogens is 290 g/mol. The van der Waals surface area contributed by atoms with Gasteiger partial charge in [-0.3, -0.25) is 14.6 Å². The third-order valence-corrected chi connectivity index (χ3v) is 4.73. The van der Waals surface area contributed by atoms with Crippen molar-refractivity contribution in [2.75, 3.05) is 45.8 Å². The van der Waals surface area contributed by atoms with Crippen molar-refractivity contribution in [2.24, 2.45) is 5.92 Å². The zero-order valence-electron chi connectivity index (χ0n) is 13.7. The molecule has 0 aromatic heterocycles. The summed E-state index contributed by atoms with van der Waals surface area (Å²) in [6.45, 7) is 5.59. The Labute approximate surface area is 138 Å². The normalized spacial score (nSPS) is 21.1. The van der Waals surface area contributed by atoms with Crippen LogP contribution in [0.5, 0.6) is 0 Å². The summed E-state index contributed by atoms with van der Waals surface area (Å²) in [5.74, 6) is 0.880. The summed E-state index contributed by atoms with van der Waals surface area (Å²) in [7, 11) is 0. The molecule has 1 aliphatic carbocycles. The molecule has 0 unspecified atom stereocenters. The van der Waals surface area contributed by atoms with Crippen LogP contribution in [0.2, 0.25) is 0 Å². The first kappa shape index (κ1) is 16.4. The molecule has 2 N–H and O–H groups in total. The molecule has 2 aliphatic rings. The van der Waals surface area contributed by atoms with E-state index in [4.69, 9.17) is 0 Å². The van der Waals surface area contributed by atoms with Crippen LogP contribution >= 0.6 is 0 Å². The highest BCUT2D eigenvalue weighted by Gasteiger charge is 2.24.